The van der Waals surface area contributed by atoms with Gasteiger partial charge in [-0.05, 0) is 66.4 Å². The Balaban J connectivity index is 1.33. The standard InChI is InChI=1S/C19H26N6O2/c1-2-9-23-10-15-3-4-17(23)12-24(11-15)19(26)13-27-18-7-5-16(6-8-18)25-14-20-21-22-25/h5-8,14-15,17H,2-4,9-13H2,1H3/t15-,17-/m1/s1. The summed E-state index contributed by atoms with van der Waals surface area (Å²) in [6.07, 6.45) is 5.14. The monoisotopic (exact) mass is 370 g/mol. The largest absolute Gasteiger partial charge is 0.484 e. The molecule has 0 saturated carbocycles. The summed E-state index contributed by atoms with van der Waals surface area (Å²) in [5.74, 6) is 1.34. The van der Waals surface area contributed by atoms with Crippen LogP contribution in [0, 0.1) is 5.92 Å². The van der Waals surface area contributed by atoms with Crippen molar-refractivity contribution in [2.45, 2.75) is 32.2 Å². The number of hydrogen-bond donors (Lipinski definition) is 0. The van der Waals surface area contributed by atoms with E-state index in [0.717, 1.165) is 31.9 Å². The van der Waals surface area contributed by atoms with E-state index in [4.69, 9.17) is 4.74 Å². The molecular formula is C19H26N6O2. The van der Waals surface area contributed by atoms with E-state index in [0.29, 0.717) is 17.7 Å². The second kappa shape index (κ2) is 8.04. The number of hydrogen-bond acceptors (Lipinski definition) is 6. The summed E-state index contributed by atoms with van der Waals surface area (Å²) in [6, 6.07) is 7.90. The molecule has 1 aromatic carbocycles. The first-order chi connectivity index (χ1) is 13.2. The maximum atomic E-state index is 12.7. The van der Waals surface area contributed by atoms with Gasteiger partial charge in [-0.15, -0.1) is 5.10 Å². The van der Waals surface area contributed by atoms with E-state index in [1.807, 2.05) is 29.2 Å². The average molecular weight is 370 g/mol. The van der Waals surface area contributed by atoms with Gasteiger partial charge in [0.25, 0.3) is 5.91 Å². The van der Waals surface area contributed by atoms with Gasteiger partial charge in [0.2, 0.25) is 0 Å². The van der Waals surface area contributed by atoms with Crippen molar-refractivity contribution in [3.05, 3.63) is 30.6 Å². The highest BCUT2D eigenvalue weighted by atomic mass is 16.5. The number of aromatic nitrogens is 4. The lowest BCUT2D eigenvalue weighted by Gasteiger charge is -2.35. The summed E-state index contributed by atoms with van der Waals surface area (Å²) >= 11 is 0. The van der Waals surface area contributed by atoms with Crippen LogP contribution in [-0.2, 0) is 4.79 Å². The Kier molecular flexibility index (Phi) is 5.33. The van der Waals surface area contributed by atoms with Crippen molar-refractivity contribution in [1.82, 2.24) is 30.0 Å². The lowest BCUT2D eigenvalue weighted by Crippen LogP contribution is -2.45. The van der Waals surface area contributed by atoms with E-state index in [-0.39, 0.29) is 12.5 Å². The Labute approximate surface area is 159 Å². The molecule has 3 saturated heterocycles. The number of nitrogens with zero attached hydrogens (tertiary/aromatic N) is 6. The fraction of sp³-hybridized carbons (Fsp3) is 0.579. The molecule has 0 spiro atoms. The number of amides is 1. The Morgan fingerprint density at radius 1 is 1.19 bits per heavy atom. The molecule has 3 fully saturated rings. The van der Waals surface area contributed by atoms with Crippen molar-refractivity contribution < 1.29 is 9.53 Å². The minimum Gasteiger partial charge on any atom is -0.484 e. The fourth-order valence-corrected chi connectivity index (χ4v) is 4.15. The predicted molar refractivity (Wildman–Crippen MR) is 99.6 cm³/mol. The summed E-state index contributed by atoms with van der Waals surface area (Å²) < 4.78 is 7.31. The molecule has 8 nitrogen and oxygen atoms in total. The molecule has 5 rings (SSSR count). The number of carbonyl (C=O) groups is 1. The van der Waals surface area contributed by atoms with Crippen LogP contribution in [0.5, 0.6) is 5.75 Å². The highest BCUT2D eigenvalue weighted by molar-refractivity contribution is 5.78. The maximum absolute atomic E-state index is 12.7. The smallest absolute Gasteiger partial charge is 0.260 e. The zero-order chi connectivity index (χ0) is 18.6. The molecule has 0 radical (unpaired) electrons. The van der Waals surface area contributed by atoms with Crippen molar-refractivity contribution in [3.63, 3.8) is 0 Å². The number of fused-ring (bicyclic) bond motifs is 4. The molecule has 3 aliphatic rings. The van der Waals surface area contributed by atoms with Gasteiger partial charge < -0.3 is 9.64 Å². The van der Waals surface area contributed by atoms with E-state index in [1.165, 1.54) is 25.6 Å². The Bertz CT molecular complexity index is 748. The average Bonchev–Trinajstić information content (AvgIpc) is 3.08. The van der Waals surface area contributed by atoms with Crippen LogP contribution in [0.3, 0.4) is 0 Å². The molecule has 0 N–H and O–H groups in total. The van der Waals surface area contributed by atoms with Crippen LogP contribution in [0.1, 0.15) is 26.2 Å². The topological polar surface area (TPSA) is 76.4 Å². The van der Waals surface area contributed by atoms with Gasteiger partial charge in [0, 0.05) is 25.7 Å². The van der Waals surface area contributed by atoms with Crippen molar-refractivity contribution in [2.24, 2.45) is 5.92 Å². The molecule has 1 amide bonds. The van der Waals surface area contributed by atoms with Gasteiger partial charge in [-0.1, -0.05) is 6.92 Å². The normalized spacial score (nSPS) is 22.6. The number of tetrazole rings is 1. The third kappa shape index (κ3) is 4.10. The van der Waals surface area contributed by atoms with Gasteiger partial charge in [-0.2, -0.15) is 0 Å². The fourth-order valence-electron chi connectivity index (χ4n) is 4.15. The Morgan fingerprint density at radius 3 is 2.78 bits per heavy atom. The molecule has 2 atom stereocenters. The predicted octanol–water partition coefficient (Wildman–Crippen LogP) is 1.37. The first-order valence-corrected chi connectivity index (χ1v) is 9.71. The van der Waals surface area contributed by atoms with Crippen LogP contribution in [0.15, 0.2) is 30.6 Å². The highest BCUT2D eigenvalue weighted by Crippen LogP contribution is 2.28. The first kappa shape index (κ1) is 17.9. The second-order valence-electron chi connectivity index (χ2n) is 7.43. The van der Waals surface area contributed by atoms with E-state index in [1.54, 1.807) is 4.68 Å². The van der Waals surface area contributed by atoms with Crippen LogP contribution in [0.4, 0.5) is 0 Å². The molecule has 3 aliphatic heterocycles. The summed E-state index contributed by atoms with van der Waals surface area (Å²) in [4.78, 5) is 17.3. The molecule has 0 unspecified atom stereocenters. The van der Waals surface area contributed by atoms with Crippen LogP contribution < -0.4 is 4.74 Å². The third-order valence-corrected chi connectivity index (χ3v) is 5.50. The van der Waals surface area contributed by atoms with Gasteiger partial charge in [0.1, 0.15) is 12.1 Å². The quantitative estimate of drug-likeness (QED) is 0.765. The van der Waals surface area contributed by atoms with E-state index in [2.05, 4.69) is 27.3 Å². The van der Waals surface area contributed by atoms with Crippen LogP contribution >= 0.6 is 0 Å². The number of ether oxygens (including phenoxy) is 1. The van der Waals surface area contributed by atoms with Crippen LogP contribution in [-0.4, -0.2) is 74.7 Å². The first-order valence-electron chi connectivity index (χ1n) is 9.71. The zero-order valence-electron chi connectivity index (χ0n) is 15.7. The van der Waals surface area contributed by atoms with Crippen LogP contribution in [0.2, 0.25) is 0 Å². The van der Waals surface area contributed by atoms with Crippen molar-refractivity contribution in [1.29, 1.82) is 0 Å². The molecule has 2 aromatic rings. The van der Waals surface area contributed by atoms with Crippen molar-refractivity contribution in [2.75, 3.05) is 32.8 Å². The summed E-state index contributed by atoms with van der Waals surface area (Å²) in [5, 5.41) is 11.1. The molecule has 8 heteroatoms. The minimum atomic E-state index is 0.0785. The molecular weight excluding hydrogens is 344 g/mol. The number of piperidine rings is 1. The molecule has 1 aromatic heterocycles. The van der Waals surface area contributed by atoms with Crippen LogP contribution in [0.25, 0.3) is 5.69 Å². The Hall–Kier alpha value is -2.48. The van der Waals surface area contributed by atoms with Gasteiger partial charge in [-0.3, -0.25) is 9.69 Å². The van der Waals surface area contributed by atoms with Gasteiger partial charge >= 0.3 is 0 Å². The van der Waals surface area contributed by atoms with E-state index >= 15 is 0 Å². The van der Waals surface area contributed by atoms with Crippen molar-refractivity contribution in [3.8, 4) is 11.4 Å². The van der Waals surface area contributed by atoms with Crippen molar-refractivity contribution >= 4 is 5.91 Å². The van der Waals surface area contributed by atoms with Gasteiger partial charge in [0.15, 0.2) is 6.61 Å². The number of benzene rings is 1. The second-order valence-corrected chi connectivity index (χ2v) is 7.43. The maximum Gasteiger partial charge on any atom is 0.260 e. The molecule has 4 heterocycles. The van der Waals surface area contributed by atoms with Gasteiger partial charge in [0.05, 0.1) is 5.69 Å². The summed E-state index contributed by atoms with van der Waals surface area (Å²) in [5.41, 5.74) is 0.846. The lowest BCUT2D eigenvalue weighted by atomic mass is 9.95. The van der Waals surface area contributed by atoms with E-state index in [9.17, 15) is 4.79 Å². The minimum absolute atomic E-state index is 0.0785. The highest BCUT2D eigenvalue weighted by Gasteiger charge is 2.35. The van der Waals surface area contributed by atoms with Gasteiger partial charge in [-0.25, -0.2) is 4.68 Å². The molecule has 2 bridgehead atoms. The van der Waals surface area contributed by atoms with E-state index < -0.39 is 0 Å². The molecule has 27 heavy (non-hydrogen) atoms. The zero-order valence-corrected chi connectivity index (χ0v) is 15.7. The molecule has 144 valence electrons. The summed E-state index contributed by atoms with van der Waals surface area (Å²) in [6.45, 7) is 6.25. The SMILES string of the molecule is CCCN1C[C@H]2CC[C@@H]1CN(C(=O)COc1ccc(-n3cnnn3)cc1)C2. The number of rotatable bonds is 6. The third-order valence-electron chi connectivity index (χ3n) is 5.50. The Morgan fingerprint density at radius 2 is 2.04 bits per heavy atom. The number of carbonyl (C=O) groups excluding carboxylic acids is 1. The summed E-state index contributed by atoms with van der Waals surface area (Å²) in [7, 11) is 0. The molecule has 0 aliphatic carbocycles. The lowest BCUT2D eigenvalue weighted by molar-refractivity contribution is -0.133.